The fourth-order valence-electron chi connectivity index (χ4n) is 4.87. The van der Waals surface area contributed by atoms with Gasteiger partial charge in [0.15, 0.2) is 0 Å². The number of pyridine rings is 1. The Kier molecular flexibility index (Phi) is 5.67. The number of rotatable bonds is 4. The molecule has 1 amide bonds. The highest BCUT2D eigenvalue weighted by Crippen LogP contribution is 2.35. The van der Waals surface area contributed by atoms with Crippen LogP contribution in [0.25, 0.3) is 10.2 Å². The number of hydrogen-bond donors (Lipinski definition) is 3. The number of fused-ring (bicyclic) bond motifs is 2. The number of nitrogens with two attached hydrogens (primary N) is 2. The van der Waals surface area contributed by atoms with Crippen molar-refractivity contribution in [3.05, 3.63) is 39.7 Å². The van der Waals surface area contributed by atoms with Crippen LogP contribution in [0.1, 0.15) is 38.6 Å². The summed E-state index contributed by atoms with van der Waals surface area (Å²) in [6.07, 6.45) is 4.17. The number of methoxy groups -OCH3 is 1. The molecule has 0 spiro atoms. The van der Waals surface area contributed by atoms with E-state index in [0.717, 1.165) is 45.6 Å². The van der Waals surface area contributed by atoms with Crippen molar-refractivity contribution >= 4 is 39.1 Å². The number of carbonyl (C=O) groups is 1. The number of nitrogens with one attached hydrogen (secondary N) is 1. The second kappa shape index (κ2) is 8.51. The SMILES string of the molecule is CO[C@H]1CN(c2ncc3c(n2)CC[C@H](NC(=O)c2sc4nc(C)cc(C)c4c2N)C3)C[C@@H]1N. The predicted molar refractivity (Wildman–Crippen MR) is 130 cm³/mol. The molecule has 5 N–H and O–H groups in total. The van der Waals surface area contributed by atoms with Gasteiger partial charge in [0.25, 0.3) is 5.91 Å². The minimum absolute atomic E-state index is 0.00605. The lowest BCUT2D eigenvalue weighted by Gasteiger charge is -2.26. The zero-order valence-electron chi connectivity index (χ0n) is 19.1. The molecule has 9 nitrogen and oxygen atoms in total. The molecule has 0 aromatic carbocycles. The van der Waals surface area contributed by atoms with E-state index in [9.17, 15) is 4.79 Å². The number of aromatic nitrogens is 3. The summed E-state index contributed by atoms with van der Waals surface area (Å²) in [6.45, 7) is 5.32. The maximum atomic E-state index is 13.1. The van der Waals surface area contributed by atoms with E-state index in [0.29, 0.717) is 36.0 Å². The largest absolute Gasteiger partial charge is 0.397 e. The molecule has 174 valence electrons. The Labute approximate surface area is 196 Å². The van der Waals surface area contributed by atoms with Gasteiger partial charge in [0, 0.05) is 49.2 Å². The van der Waals surface area contributed by atoms with Crippen LogP contribution < -0.4 is 21.7 Å². The van der Waals surface area contributed by atoms with Crippen LogP contribution in [0.4, 0.5) is 11.6 Å². The summed E-state index contributed by atoms with van der Waals surface area (Å²) in [5.41, 5.74) is 17.1. The molecule has 3 aromatic rings. The second-order valence-electron chi connectivity index (χ2n) is 9.00. The van der Waals surface area contributed by atoms with Gasteiger partial charge in [0.05, 0.1) is 17.8 Å². The molecular formula is C23H29N7O2S. The molecule has 0 saturated carbocycles. The Balaban J connectivity index is 1.29. The van der Waals surface area contributed by atoms with Gasteiger partial charge >= 0.3 is 0 Å². The van der Waals surface area contributed by atoms with Crippen LogP contribution in [0.15, 0.2) is 12.3 Å². The van der Waals surface area contributed by atoms with E-state index >= 15 is 0 Å². The van der Waals surface area contributed by atoms with Gasteiger partial charge in [-0.2, -0.15) is 0 Å². The average Bonchev–Trinajstić information content (AvgIpc) is 3.32. The second-order valence-corrected chi connectivity index (χ2v) is 10.0. The fraction of sp³-hybridized carbons (Fsp3) is 0.478. The lowest BCUT2D eigenvalue weighted by atomic mass is 9.93. The first-order valence-corrected chi connectivity index (χ1v) is 12.0. The minimum Gasteiger partial charge on any atom is -0.397 e. The monoisotopic (exact) mass is 467 g/mol. The van der Waals surface area contributed by atoms with Gasteiger partial charge in [-0.1, -0.05) is 0 Å². The Morgan fingerprint density at radius 1 is 1.30 bits per heavy atom. The van der Waals surface area contributed by atoms with Gasteiger partial charge < -0.3 is 26.4 Å². The Morgan fingerprint density at radius 3 is 2.88 bits per heavy atom. The van der Waals surface area contributed by atoms with E-state index in [4.69, 9.17) is 21.2 Å². The number of ether oxygens (including phenoxy) is 1. The third-order valence-electron chi connectivity index (χ3n) is 6.60. The Hall–Kier alpha value is -2.82. The van der Waals surface area contributed by atoms with E-state index in [1.807, 2.05) is 26.1 Å². The van der Waals surface area contributed by atoms with Crippen molar-refractivity contribution in [2.45, 2.75) is 51.3 Å². The smallest absolute Gasteiger partial charge is 0.263 e. The molecule has 0 bridgehead atoms. The van der Waals surface area contributed by atoms with E-state index in [1.54, 1.807) is 7.11 Å². The maximum Gasteiger partial charge on any atom is 0.263 e. The molecule has 3 atom stereocenters. The molecule has 33 heavy (non-hydrogen) atoms. The van der Waals surface area contributed by atoms with E-state index in [2.05, 4.69) is 20.2 Å². The highest BCUT2D eigenvalue weighted by atomic mass is 32.1. The zero-order chi connectivity index (χ0) is 23.3. The molecule has 3 aromatic heterocycles. The maximum absolute atomic E-state index is 13.1. The summed E-state index contributed by atoms with van der Waals surface area (Å²) < 4.78 is 5.44. The van der Waals surface area contributed by atoms with Crippen molar-refractivity contribution in [3.8, 4) is 0 Å². The molecule has 0 radical (unpaired) electrons. The van der Waals surface area contributed by atoms with Gasteiger partial charge in [-0.3, -0.25) is 4.79 Å². The summed E-state index contributed by atoms with van der Waals surface area (Å²) in [4.78, 5) is 30.4. The fourth-order valence-corrected chi connectivity index (χ4v) is 5.99. The minimum atomic E-state index is -0.143. The lowest BCUT2D eigenvalue weighted by molar-refractivity contribution is 0.0938. The molecule has 4 heterocycles. The van der Waals surface area contributed by atoms with Gasteiger partial charge in [0.2, 0.25) is 5.95 Å². The summed E-state index contributed by atoms with van der Waals surface area (Å²) in [5, 5.41) is 4.04. The van der Waals surface area contributed by atoms with Gasteiger partial charge in [-0.15, -0.1) is 11.3 Å². The first kappa shape index (κ1) is 22.0. The molecule has 1 fully saturated rings. The summed E-state index contributed by atoms with van der Waals surface area (Å²) >= 11 is 1.35. The van der Waals surface area contributed by atoms with Gasteiger partial charge in [0.1, 0.15) is 9.71 Å². The summed E-state index contributed by atoms with van der Waals surface area (Å²) in [6, 6.07) is 1.96. The van der Waals surface area contributed by atoms with Crippen molar-refractivity contribution in [3.63, 3.8) is 0 Å². The number of thiophene rings is 1. The van der Waals surface area contributed by atoms with Crippen LogP contribution in [-0.2, 0) is 17.6 Å². The van der Waals surface area contributed by atoms with Crippen LogP contribution in [0.3, 0.4) is 0 Å². The average molecular weight is 468 g/mol. The highest BCUT2D eigenvalue weighted by Gasteiger charge is 2.32. The van der Waals surface area contributed by atoms with Crippen LogP contribution in [0, 0.1) is 13.8 Å². The number of nitrogens with zero attached hydrogens (tertiary/aromatic N) is 4. The molecule has 10 heteroatoms. The third-order valence-corrected chi connectivity index (χ3v) is 7.70. The number of anilines is 2. The number of hydrogen-bond acceptors (Lipinski definition) is 9. The van der Waals surface area contributed by atoms with Crippen molar-refractivity contribution in [1.29, 1.82) is 0 Å². The van der Waals surface area contributed by atoms with E-state index in [1.165, 1.54) is 11.3 Å². The van der Waals surface area contributed by atoms with Crippen LogP contribution in [0.2, 0.25) is 0 Å². The Morgan fingerprint density at radius 2 is 2.12 bits per heavy atom. The van der Waals surface area contributed by atoms with Crippen LogP contribution in [-0.4, -0.2) is 59.2 Å². The highest BCUT2D eigenvalue weighted by molar-refractivity contribution is 7.21. The first-order valence-electron chi connectivity index (χ1n) is 11.2. The van der Waals surface area contributed by atoms with Crippen LogP contribution in [0.5, 0.6) is 0 Å². The van der Waals surface area contributed by atoms with Crippen molar-refractivity contribution in [1.82, 2.24) is 20.3 Å². The van der Waals surface area contributed by atoms with Crippen molar-refractivity contribution in [2.24, 2.45) is 5.73 Å². The lowest BCUT2D eigenvalue weighted by Crippen LogP contribution is -2.39. The van der Waals surface area contributed by atoms with Gasteiger partial charge in [-0.25, -0.2) is 15.0 Å². The topological polar surface area (TPSA) is 132 Å². The molecule has 1 saturated heterocycles. The zero-order valence-corrected chi connectivity index (χ0v) is 19.9. The number of amides is 1. The molecule has 2 aliphatic rings. The Bertz CT molecular complexity index is 1230. The third kappa shape index (κ3) is 4.03. The predicted octanol–water partition coefficient (Wildman–Crippen LogP) is 1.73. The quantitative estimate of drug-likeness (QED) is 0.529. The molecule has 0 unspecified atom stereocenters. The first-order chi connectivity index (χ1) is 15.8. The number of carbonyl (C=O) groups excluding carboxylic acids is 1. The van der Waals surface area contributed by atoms with E-state index in [-0.39, 0.29) is 24.1 Å². The molecule has 1 aliphatic heterocycles. The summed E-state index contributed by atoms with van der Waals surface area (Å²) in [7, 11) is 1.68. The van der Waals surface area contributed by atoms with E-state index < -0.39 is 0 Å². The molecular weight excluding hydrogens is 438 g/mol. The number of aryl methyl sites for hydroxylation is 3. The molecule has 1 aliphatic carbocycles. The normalized spacial score (nSPS) is 22.5. The number of nitrogen functional groups attached to an aromatic ring is 1. The molecule has 5 rings (SSSR count). The van der Waals surface area contributed by atoms with Crippen molar-refractivity contribution in [2.75, 3.05) is 30.8 Å². The van der Waals surface area contributed by atoms with Crippen LogP contribution >= 0.6 is 11.3 Å². The van der Waals surface area contributed by atoms with Crippen molar-refractivity contribution < 1.29 is 9.53 Å². The standard InChI is InChI=1S/C23H29N7O2S/c1-11-6-12(2)27-22-18(11)19(25)20(33-22)21(31)28-14-4-5-16-13(7-14)8-26-23(29-16)30-9-15(24)17(10-30)32-3/h6,8,14-15,17H,4-5,7,9-10,24-25H2,1-3H3,(H,28,31)/t14-,15-,17-/m0/s1. The summed E-state index contributed by atoms with van der Waals surface area (Å²) in [5.74, 6) is 0.553. The van der Waals surface area contributed by atoms with Gasteiger partial charge in [-0.05, 0) is 50.3 Å².